The summed E-state index contributed by atoms with van der Waals surface area (Å²) in [5.74, 6) is -0.272. The lowest BCUT2D eigenvalue weighted by Gasteiger charge is -2.03. The van der Waals surface area contributed by atoms with Crippen LogP contribution in [0.4, 0.5) is 5.00 Å². The first-order valence-corrected chi connectivity index (χ1v) is 6.01. The maximum atomic E-state index is 11.9. The molecule has 1 N–H and O–H groups in total. The zero-order chi connectivity index (χ0) is 12.3. The average Bonchev–Trinajstić information content (AvgIpc) is 2.76. The molecule has 0 fully saturated rings. The summed E-state index contributed by atoms with van der Waals surface area (Å²) in [6.45, 7) is 0. The van der Waals surface area contributed by atoms with Gasteiger partial charge in [0.1, 0.15) is 11.1 Å². The number of nitrogens with zero attached hydrogens (tertiary/aromatic N) is 1. The predicted molar refractivity (Wildman–Crippen MR) is 68.4 cm³/mol. The van der Waals surface area contributed by atoms with E-state index in [4.69, 9.17) is 16.9 Å². The average molecular weight is 263 g/mol. The normalized spacial score (nSPS) is 9.65. The molecule has 0 aliphatic heterocycles. The molecule has 0 aliphatic carbocycles. The third-order valence-corrected chi connectivity index (χ3v) is 3.16. The first kappa shape index (κ1) is 11.6. The first-order chi connectivity index (χ1) is 8.20. The quantitative estimate of drug-likeness (QED) is 0.900. The Morgan fingerprint density at radius 3 is 2.94 bits per heavy atom. The summed E-state index contributed by atoms with van der Waals surface area (Å²) in [7, 11) is 0. The molecule has 0 radical (unpaired) electrons. The lowest BCUT2D eigenvalue weighted by molar-refractivity contribution is 0.102. The molecule has 1 aromatic carbocycles. The molecule has 1 amide bonds. The van der Waals surface area contributed by atoms with Crippen LogP contribution >= 0.6 is 22.9 Å². The molecule has 0 aliphatic rings. The molecule has 2 rings (SSSR count). The topological polar surface area (TPSA) is 52.9 Å². The molecule has 17 heavy (non-hydrogen) atoms. The minimum absolute atomic E-state index is 0.272. The molecule has 1 aromatic heterocycles. The summed E-state index contributed by atoms with van der Waals surface area (Å²) in [5.41, 5.74) is 0.931. The van der Waals surface area contributed by atoms with Gasteiger partial charge in [-0.25, -0.2) is 0 Å². The maximum absolute atomic E-state index is 11.9. The van der Waals surface area contributed by atoms with Crippen molar-refractivity contribution >= 4 is 33.8 Å². The Morgan fingerprint density at radius 2 is 2.24 bits per heavy atom. The van der Waals surface area contributed by atoms with Crippen LogP contribution in [0.5, 0.6) is 0 Å². The van der Waals surface area contributed by atoms with Gasteiger partial charge in [-0.2, -0.15) is 5.26 Å². The Bertz CT molecular complexity index is 601. The molecule has 0 bridgehead atoms. The van der Waals surface area contributed by atoms with Crippen LogP contribution in [-0.2, 0) is 0 Å². The summed E-state index contributed by atoms with van der Waals surface area (Å²) < 4.78 is 0. The van der Waals surface area contributed by atoms with Crippen LogP contribution in [0.2, 0.25) is 5.02 Å². The van der Waals surface area contributed by atoms with Gasteiger partial charge in [0.05, 0.1) is 5.56 Å². The van der Waals surface area contributed by atoms with Crippen molar-refractivity contribution in [2.75, 3.05) is 5.32 Å². The minimum Gasteiger partial charge on any atom is -0.312 e. The summed E-state index contributed by atoms with van der Waals surface area (Å²) in [4.78, 5) is 11.9. The lowest BCUT2D eigenvalue weighted by atomic mass is 10.2. The van der Waals surface area contributed by atoms with E-state index < -0.39 is 0 Å². The van der Waals surface area contributed by atoms with Crippen molar-refractivity contribution in [3.05, 3.63) is 51.9 Å². The highest BCUT2D eigenvalue weighted by Gasteiger charge is 2.10. The molecular weight excluding hydrogens is 256 g/mol. The summed E-state index contributed by atoms with van der Waals surface area (Å²) in [6.07, 6.45) is 0. The van der Waals surface area contributed by atoms with E-state index in [1.807, 2.05) is 6.07 Å². The molecule has 5 heteroatoms. The van der Waals surface area contributed by atoms with Gasteiger partial charge in [0.15, 0.2) is 0 Å². The van der Waals surface area contributed by atoms with Gasteiger partial charge in [-0.05, 0) is 29.6 Å². The lowest BCUT2D eigenvalue weighted by Crippen LogP contribution is -2.11. The number of hydrogen-bond donors (Lipinski definition) is 1. The maximum Gasteiger partial charge on any atom is 0.256 e. The highest BCUT2D eigenvalue weighted by molar-refractivity contribution is 7.14. The standard InChI is InChI=1S/C12H7ClN2OS/c13-10-3-1-2-8(6-10)11(16)15-12-9(7-14)4-5-17-12/h1-6H,(H,15,16). The van der Waals surface area contributed by atoms with E-state index in [0.717, 1.165) is 0 Å². The Hall–Kier alpha value is -1.83. The van der Waals surface area contributed by atoms with Gasteiger partial charge >= 0.3 is 0 Å². The Kier molecular flexibility index (Phi) is 3.43. The molecule has 2 aromatic rings. The van der Waals surface area contributed by atoms with Crippen LogP contribution in [-0.4, -0.2) is 5.91 Å². The second-order valence-electron chi connectivity index (χ2n) is 3.24. The van der Waals surface area contributed by atoms with E-state index in [0.29, 0.717) is 21.2 Å². The van der Waals surface area contributed by atoms with Crippen LogP contribution in [0, 0.1) is 11.3 Å². The molecule has 3 nitrogen and oxygen atoms in total. The van der Waals surface area contributed by atoms with Gasteiger partial charge in [-0.15, -0.1) is 11.3 Å². The fourth-order valence-corrected chi connectivity index (χ4v) is 2.22. The minimum atomic E-state index is -0.272. The number of hydrogen-bond acceptors (Lipinski definition) is 3. The smallest absolute Gasteiger partial charge is 0.256 e. The summed E-state index contributed by atoms with van der Waals surface area (Å²) in [6, 6.07) is 10.3. The molecule has 0 unspecified atom stereocenters. The van der Waals surface area contributed by atoms with E-state index in [2.05, 4.69) is 5.32 Å². The van der Waals surface area contributed by atoms with Gasteiger partial charge < -0.3 is 5.32 Å². The number of amides is 1. The number of halogens is 1. The van der Waals surface area contributed by atoms with E-state index in [9.17, 15) is 4.79 Å². The zero-order valence-electron chi connectivity index (χ0n) is 8.61. The summed E-state index contributed by atoms with van der Waals surface area (Å²) in [5, 5.41) is 14.3. The molecule has 0 saturated carbocycles. The fourth-order valence-electron chi connectivity index (χ4n) is 1.30. The number of nitrogens with one attached hydrogen (secondary N) is 1. The van der Waals surface area contributed by atoms with E-state index in [-0.39, 0.29) is 5.91 Å². The van der Waals surface area contributed by atoms with Crippen molar-refractivity contribution in [3.8, 4) is 6.07 Å². The van der Waals surface area contributed by atoms with Gasteiger partial charge in [-0.1, -0.05) is 17.7 Å². The largest absolute Gasteiger partial charge is 0.312 e. The SMILES string of the molecule is N#Cc1ccsc1NC(=O)c1cccc(Cl)c1. The molecular formula is C12H7ClN2OS. The number of rotatable bonds is 2. The molecule has 1 heterocycles. The highest BCUT2D eigenvalue weighted by atomic mass is 35.5. The second kappa shape index (κ2) is 5.00. The van der Waals surface area contributed by atoms with Crippen LogP contribution < -0.4 is 5.32 Å². The number of anilines is 1. The van der Waals surface area contributed by atoms with Crippen molar-refractivity contribution < 1.29 is 4.79 Å². The molecule has 0 spiro atoms. The number of nitriles is 1. The van der Waals surface area contributed by atoms with Crippen LogP contribution in [0.25, 0.3) is 0 Å². The van der Waals surface area contributed by atoms with Crippen LogP contribution in [0.3, 0.4) is 0 Å². The number of thiophene rings is 1. The van der Waals surface area contributed by atoms with Gasteiger partial charge in [0.2, 0.25) is 0 Å². The number of benzene rings is 1. The third-order valence-electron chi connectivity index (χ3n) is 2.10. The van der Waals surface area contributed by atoms with Crippen molar-refractivity contribution in [2.45, 2.75) is 0 Å². The zero-order valence-corrected chi connectivity index (χ0v) is 10.2. The van der Waals surface area contributed by atoms with Crippen molar-refractivity contribution in [1.82, 2.24) is 0 Å². The third kappa shape index (κ3) is 2.64. The van der Waals surface area contributed by atoms with E-state index in [1.54, 1.807) is 35.7 Å². The van der Waals surface area contributed by atoms with Crippen molar-refractivity contribution in [3.63, 3.8) is 0 Å². The Balaban J connectivity index is 2.21. The molecule has 0 saturated heterocycles. The fraction of sp³-hybridized carbons (Fsp3) is 0. The van der Waals surface area contributed by atoms with Gasteiger partial charge in [0, 0.05) is 10.6 Å². The van der Waals surface area contributed by atoms with Crippen molar-refractivity contribution in [2.24, 2.45) is 0 Å². The van der Waals surface area contributed by atoms with Crippen LogP contribution in [0.15, 0.2) is 35.7 Å². The van der Waals surface area contributed by atoms with Crippen molar-refractivity contribution in [1.29, 1.82) is 5.26 Å². The van der Waals surface area contributed by atoms with E-state index in [1.165, 1.54) is 11.3 Å². The highest BCUT2D eigenvalue weighted by Crippen LogP contribution is 2.23. The number of carbonyl (C=O) groups is 1. The van der Waals surface area contributed by atoms with Crippen LogP contribution in [0.1, 0.15) is 15.9 Å². The van der Waals surface area contributed by atoms with Gasteiger partial charge in [0.25, 0.3) is 5.91 Å². The van der Waals surface area contributed by atoms with E-state index >= 15 is 0 Å². The second-order valence-corrected chi connectivity index (χ2v) is 4.59. The first-order valence-electron chi connectivity index (χ1n) is 4.75. The Labute approximate surface area is 107 Å². The monoisotopic (exact) mass is 262 g/mol. The van der Waals surface area contributed by atoms with Gasteiger partial charge in [-0.3, -0.25) is 4.79 Å². The molecule has 84 valence electrons. The predicted octanol–water partition coefficient (Wildman–Crippen LogP) is 3.53. The number of carbonyl (C=O) groups excluding carboxylic acids is 1. The molecule has 0 atom stereocenters. The Morgan fingerprint density at radius 1 is 1.41 bits per heavy atom. The summed E-state index contributed by atoms with van der Waals surface area (Å²) >= 11 is 7.11.